The second-order valence-corrected chi connectivity index (χ2v) is 11.9. The van der Waals surface area contributed by atoms with Crippen LogP contribution in [-0.4, -0.2) is 66.7 Å². The van der Waals surface area contributed by atoms with Gasteiger partial charge in [-0.1, -0.05) is 6.07 Å². The summed E-state index contributed by atoms with van der Waals surface area (Å²) in [6.45, 7) is 7.57. The number of anilines is 1. The van der Waals surface area contributed by atoms with Crippen molar-refractivity contribution in [2.45, 2.75) is 70.7 Å². The summed E-state index contributed by atoms with van der Waals surface area (Å²) in [4.78, 5) is 31.7. The summed E-state index contributed by atoms with van der Waals surface area (Å²) >= 11 is 0. The predicted molar refractivity (Wildman–Crippen MR) is 158 cm³/mol. The summed E-state index contributed by atoms with van der Waals surface area (Å²) < 4.78 is 15.4. The largest absolute Gasteiger partial charge is 0.444 e. The Kier molecular flexibility index (Phi) is 7.68. The van der Waals surface area contributed by atoms with Crippen LogP contribution in [0.25, 0.3) is 22.0 Å². The summed E-state index contributed by atoms with van der Waals surface area (Å²) in [5, 5.41) is 13.1. The van der Waals surface area contributed by atoms with Gasteiger partial charge >= 0.3 is 6.09 Å². The number of fused-ring (bicyclic) bond motifs is 1. The van der Waals surface area contributed by atoms with Crippen LogP contribution in [0.3, 0.4) is 0 Å². The number of nitrogens with one attached hydrogen (secondary N) is 1. The molecular weight excluding hydrogens is 534 g/mol. The lowest BCUT2D eigenvalue weighted by atomic mass is 10.0. The third-order valence-corrected chi connectivity index (χ3v) is 7.71. The van der Waals surface area contributed by atoms with E-state index in [-0.39, 0.29) is 24.3 Å². The number of hydrogen-bond donors (Lipinski definition) is 1. The van der Waals surface area contributed by atoms with Gasteiger partial charge in [0.25, 0.3) is 5.91 Å². The topological polar surface area (TPSA) is 116 Å². The second-order valence-electron chi connectivity index (χ2n) is 11.9. The van der Waals surface area contributed by atoms with Gasteiger partial charge in [0.1, 0.15) is 5.60 Å². The van der Waals surface area contributed by atoms with Crippen molar-refractivity contribution in [3.8, 4) is 11.1 Å². The minimum absolute atomic E-state index is 0.189. The van der Waals surface area contributed by atoms with Crippen LogP contribution in [0.5, 0.6) is 0 Å². The zero-order valence-corrected chi connectivity index (χ0v) is 24.3. The Labute approximate surface area is 244 Å². The Morgan fingerprint density at radius 3 is 2.52 bits per heavy atom. The van der Waals surface area contributed by atoms with Crippen LogP contribution in [0.15, 0.2) is 55.1 Å². The summed E-state index contributed by atoms with van der Waals surface area (Å²) in [5.74, 6) is -0.287. The molecule has 2 amide bonds. The zero-order valence-electron chi connectivity index (χ0n) is 24.3. The Morgan fingerprint density at radius 1 is 1.02 bits per heavy atom. The van der Waals surface area contributed by atoms with Crippen molar-refractivity contribution in [2.75, 3.05) is 25.0 Å². The number of rotatable bonds is 5. The van der Waals surface area contributed by atoms with Gasteiger partial charge in [-0.25, -0.2) is 9.48 Å². The Hall–Kier alpha value is -4.25. The molecule has 5 heterocycles. The molecule has 1 atom stereocenters. The average molecular weight is 572 g/mol. The molecule has 11 nitrogen and oxygen atoms in total. The lowest BCUT2D eigenvalue weighted by Crippen LogP contribution is -2.42. The first-order chi connectivity index (χ1) is 20.2. The lowest BCUT2D eigenvalue weighted by molar-refractivity contribution is -0.0367. The molecule has 0 aliphatic carbocycles. The minimum Gasteiger partial charge on any atom is -0.444 e. The van der Waals surface area contributed by atoms with E-state index in [1.165, 1.54) is 0 Å². The number of likely N-dealkylation sites (tertiary alicyclic amines) is 1. The van der Waals surface area contributed by atoms with Gasteiger partial charge in [-0.15, -0.1) is 0 Å². The molecule has 4 aromatic rings. The number of piperidine rings is 1. The molecule has 3 aromatic heterocycles. The average Bonchev–Trinajstić information content (AvgIpc) is 3.63. The molecule has 0 bridgehead atoms. The van der Waals surface area contributed by atoms with Gasteiger partial charge in [-0.3, -0.25) is 14.5 Å². The highest BCUT2D eigenvalue weighted by molar-refractivity contribution is 6.11. The van der Waals surface area contributed by atoms with Crippen molar-refractivity contribution in [3.05, 3.63) is 60.8 Å². The van der Waals surface area contributed by atoms with Crippen LogP contribution in [0.4, 0.5) is 10.5 Å². The zero-order chi connectivity index (χ0) is 29.3. The maximum atomic E-state index is 13.4. The SMILES string of the molecule is CC(C)(C)OC(=O)N1CCC(n2cc(-c3ccc4c(c3)c(C(=O)Nc3ccncc3)nn4C3CCCCO3)cn2)CC1. The number of carbonyl (C=O) groups excluding carboxylic acids is 2. The van der Waals surface area contributed by atoms with Crippen molar-refractivity contribution < 1.29 is 19.1 Å². The number of carbonyl (C=O) groups is 2. The smallest absolute Gasteiger partial charge is 0.410 e. The molecule has 6 rings (SSSR count). The van der Waals surface area contributed by atoms with Crippen molar-refractivity contribution in [3.63, 3.8) is 0 Å². The fourth-order valence-corrected chi connectivity index (χ4v) is 5.58. The van der Waals surface area contributed by atoms with E-state index in [4.69, 9.17) is 14.6 Å². The maximum absolute atomic E-state index is 13.4. The number of nitrogens with zero attached hydrogens (tertiary/aromatic N) is 6. The highest BCUT2D eigenvalue weighted by Crippen LogP contribution is 2.33. The molecule has 2 saturated heterocycles. The van der Waals surface area contributed by atoms with Gasteiger partial charge in [0, 0.05) is 54.9 Å². The molecule has 2 aliphatic heterocycles. The summed E-state index contributed by atoms with van der Waals surface area (Å²) in [6.07, 6.45) is 11.2. The quantitative estimate of drug-likeness (QED) is 0.321. The molecule has 1 unspecified atom stereocenters. The van der Waals surface area contributed by atoms with E-state index in [2.05, 4.69) is 15.4 Å². The number of aromatic nitrogens is 5. The molecule has 0 saturated carbocycles. The molecule has 1 N–H and O–H groups in total. The van der Waals surface area contributed by atoms with Crippen molar-refractivity contribution in [2.24, 2.45) is 0 Å². The van der Waals surface area contributed by atoms with Gasteiger partial charge < -0.3 is 19.7 Å². The number of hydrogen-bond acceptors (Lipinski definition) is 7. The van der Waals surface area contributed by atoms with Gasteiger partial charge in [-0.2, -0.15) is 10.2 Å². The number of amides is 2. The highest BCUT2D eigenvalue weighted by Gasteiger charge is 2.28. The Balaban J connectivity index is 1.24. The fourth-order valence-electron chi connectivity index (χ4n) is 5.58. The normalized spacial score (nSPS) is 18.3. The molecule has 2 aliphatic rings. The van der Waals surface area contributed by atoms with Crippen LogP contribution in [0, 0.1) is 0 Å². The highest BCUT2D eigenvalue weighted by atomic mass is 16.6. The van der Waals surface area contributed by atoms with E-state index in [0.717, 1.165) is 54.1 Å². The van der Waals surface area contributed by atoms with E-state index in [1.807, 2.05) is 60.7 Å². The van der Waals surface area contributed by atoms with Gasteiger partial charge in [0.05, 0.1) is 17.8 Å². The monoisotopic (exact) mass is 571 g/mol. The number of pyridine rings is 1. The molecule has 2 fully saturated rings. The molecule has 42 heavy (non-hydrogen) atoms. The lowest BCUT2D eigenvalue weighted by Gasteiger charge is -2.33. The molecular formula is C31H37N7O4. The van der Waals surface area contributed by atoms with Crippen LogP contribution in [0.2, 0.25) is 0 Å². The predicted octanol–water partition coefficient (Wildman–Crippen LogP) is 5.82. The molecule has 11 heteroatoms. The van der Waals surface area contributed by atoms with Crippen molar-refractivity contribution >= 4 is 28.6 Å². The molecule has 1 aromatic carbocycles. The van der Waals surface area contributed by atoms with Crippen molar-refractivity contribution in [1.29, 1.82) is 0 Å². The third kappa shape index (κ3) is 6.01. The first-order valence-electron chi connectivity index (χ1n) is 14.6. The third-order valence-electron chi connectivity index (χ3n) is 7.71. The van der Waals surface area contributed by atoms with Crippen molar-refractivity contribution in [1.82, 2.24) is 29.4 Å². The van der Waals surface area contributed by atoms with Gasteiger partial charge in [0.2, 0.25) is 0 Å². The Morgan fingerprint density at radius 2 is 1.81 bits per heavy atom. The van der Waals surface area contributed by atoms with Crippen LogP contribution in [0.1, 0.15) is 75.6 Å². The van der Waals surface area contributed by atoms with E-state index < -0.39 is 5.60 Å². The summed E-state index contributed by atoms with van der Waals surface area (Å²) in [7, 11) is 0. The van der Waals surface area contributed by atoms with E-state index in [9.17, 15) is 9.59 Å². The van der Waals surface area contributed by atoms with Crippen LogP contribution >= 0.6 is 0 Å². The van der Waals surface area contributed by atoms with Gasteiger partial charge in [-0.05, 0) is 82.7 Å². The van der Waals surface area contributed by atoms with Crippen LogP contribution in [-0.2, 0) is 9.47 Å². The van der Waals surface area contributed by atoms with E-state index in [1.54, 1.807) is 29.4 Å². The molecule has 0 radical (unpaired) electrons. The summed E-state index contributed by atoms with van der Waals surface area (Å²) in [6, 6.07) is 9.75. The maximum Gasteiger partial charge on any atom is 0.410 e. The Bertz CT molecular complexity index is 1560. The first-order valence-corrected chi connectivity index (χ1v) is 14.6. The van der Waals surface area contributed by atoms with Crippen LogP contribution < -0.4 is 5.32 Å². The second kappa shape index (κ2) is 11.6. The number of benzene rings is 1. The number of ether oxygens (including phenoxy) is 2. The fraction of sp³-hybridized carbons (Fsp3) is 0.452. The standard InChI is InChI=1S/C31H37N7O4/c1-31(2,3)42-30(40)36-15-11-24(12-16-36)37-20-22(19-33-37)21-7-8-26-25(18-21)28(29(39)34-23-9-13-32-14-10-23)35-38(26)27-6-4-5-17-41-27/h7-10,13-14,18-20,24,27H,4-6,11-12,15-17H2,1-3H3,(H,32,34,39). The molecule has 0 spiro atoms. The van der Waals surface area contributed by atoms with E-state index >= 15 is 0 Å². The first kappa shape index (κ1) is 27.9. The summed E-state index contributed by atoms with van der Waals surface area (Å²) in [5.41, 5.74) is 3.25. The minimum atomic E-state index is -0.509. The molecule has 220 valence electrons. The van der Waals surface area contributed by atoms with E-state index in [0.29, 0.717) is 31.1 Å². The van der Waals surface area contributed by atoms with Gasteiger partial charge in [0.15, 0.2) is 11.9 Å².